The van der Waals surface area contributed by atoms with Gasteiger partial charge in [-0.3, -0.25) is 4.79 Å². The van der Waals surface area contributed by atoms with Crippen LogP contribution < -0.4 is 5.73 Å². The molecule has 0 saturated heterocycles. The molecule has 92 valence electrons. The fourth-order valence-corrected chi connectivity index (χ4v) is 2.15. The van der Waals surface area contributed by atoms with Gasteiger partial charge >= 0.3 is 0 Å². The van der Waals surface area contributed by atoms with Crippen LogP contribution in [0.2, 0.25) is 0 Å². The molecular formula is C14H20N2O. The van der Waals surface area contributed by atoms with E-state index in [1.165, 1.54) is 0 Å². The number of rotatable bonds is 5. The lowest BCUT2D eigenvalue weighted by Gasteiger charge is -2.24. The molecule has 1 fully saturated rings. The third-order valence-electron chi connectivity index (χ3n) is 3.23. The summed E-state index contributed by atoms with van der Waals surface area (Å²) in [6.45, 7) is 2.79. The van der Waals surface area contributed by atoms with E-state index in [9.17, 15) is 4.79 Å². The maximum Gasteiger partial charge on any atom is 0.240 e. The summed E-state index contributed by atoms with van der Waals surface area (Å²) in [4.78, 5) is 14.1. The zero-order chi connectivity index (χ0) is 12.3. The van der Waals surface area contributed by atoms with Gasteiger partial charge in [0, 0.05) is 12.6 Å². The first-order chi connectivity index (χ1) is 8.22. The van der Waals surface area contributed by atoms with Crippen molar-refractivity contribution < 1.29 is 4.79 Å². The molecule has 0 bridgehead atoms. The van der Waals surface area contributed by atoms with Crippen molar-refractivity contribution in [3.05, 3.63) is 35.9 Å². The molecule has 0 aromatic heterocycles. The number of nitrogens with zero attached hydrogens (tertiary/aromatic N) is 1. The van der Waals surface area contributed by atoms with Crippen molar-refractivity contribution in [3.63, 3.8) is 0 Å². The Morgan fingerprint density at radius 3 is 2.59 bits per heavy atom. The highest BCUT2D eigenvalue weighted by molar-refractivity contribution is 5.82. The van der Waals surface area contributed by atoms with Crippen LogP contribution in [0.25, 0.3) is 0 Å². The fourth-order valence-electron chi connectivity index (χ4n) is 2.15. The average molecular weight is 232 g/mol. The molecule has 0 aliphatic heterocycles. The molecule has 2 rings (SSSR count). The molecule has 1 saturated carbocycles. The number of amides is 1. The van der Waals surface area contributed by atoms with Crippen molar-refractivity contribution in [2.24, 2.45) is 5.73 Å². The molecule has 0 spiro atoms. The second-order valence-corrected chi connectivity index (χ2v) is 4.65. The Morgan fingerprint density at radius 1 is 1.41 bits per heavy atom. The Bertz CT molecular complexity index is 373. The molecule has 2 N–H and O–H groups in total. The molecule has 1 atom stereocenters. The van der Waals surface area contributed by atoms with Gasteiger partial charge < -0.3 is 10.6 Å². The first-order valence-electron chi connectivity index (χ1n) is 6.32. The minimum absolute atomic E-state index is 0.0962. The van der Waals surface area contributed by atoms with Crippen LogP contribution in [-0.4, -0.2) is 29.4 Å². The topological polar surface area (TPSA) is 46.3 Å². The SMILES string of the molecule is CCN(C(=O)[C@H](N)Cc1ccccc1)C1CC1. The van der Waals surface area contributed by atoms with Gasteiger partial charge in [0.15, 0.2) is 0 Å². The van der Waals surface area contributed by atoms with E-state index in [0.717, 1.165) is 24.9 Å². The van der Waals surface area contributed by atoms with Gasteiger partial charge in [-0.15, -0.1) is 0 Å². The Hall–Kier alpha value is -1.35. The molecule has 0 radical (unpaired) electrons. The lowest BCUT2D eigenvalue weighted by atomic mass is 10.1. The monoisotopic (exact) mass is 232 g/mol. The highest BCUT2D eigenvalue weighted by Crippen LogP contribution is 2.27. The van der Waals surface area contributed by atoms with Gasteiger partial charge in [-0.05, 0) is 31.7 Å². The quantitative estimate of drug-likeness (QED) is 0.837. The average Bonchev–Trinajstić information content (AvgIpc) is 3.15. The largest absolute Gasteiger partial charge is 0.339 e. The van der Waals surface area contributed by atoms with Crippen LogP contribution in [0.1, 0.15) is 25.3 Å². The van der Waals surface area contributed by atoms with Crippen molar-refractivity contribution in [1.82, 2.24) is 4.90 Å². The predicted octanol–water partition coefficient (Wildman–Crippen LogP) is 1.57. The number of hydrogen-bond donors (Lipinski definition) is 1. The molecule has 17 heavy (non-hydrogen) atoms. The molecule has 1 amide bonds. The van der Waals surface area contributed by atoms with Gasteiger partial charge in [0.05, 0.1) is 6.04 Å². The first-order valence-corrected chi connectivity index (χ1v) is 6.32. The smallest absolute Gasteiger partial charge is 0.240 e. The van der Waals surface area contributed by atoms with E-state index in [2.05, 4.69) is 0 Å². The highest BCUT2D eigenvalue weighted by atomic mass is 16.2. The summed E-state index contributed by atoms with van der Waals surface area (Å²) in [6, 6.07) is 10.0. The standard InChI is InChI=1S/C14H20N2O/c1-2-16(12-8-9-12)14(17)13(15)10-11-6-4-3-5-7-11/h3-7,12-13H,2,8-10,15H2,1H3/t13-/m1/s1. The number of benzene rings is 1. The van der Waals surface area contributed by atoms with E-state index in [0.29, 0.717) is 12.5 Å². The number of hydrogen-bond acceptors (Lipinski definition) is 2. The van der Waals surface area contributed by atoms with Crippen LogP contribution in [-0.2, 0) is 11.2 Å². The van der Waals surface area contributed by atoms with Crippen LogP contribution in [0.5, 0.6) is 0 Å². The van der Waals surface area contributed by atoms with E-state index in [4.69, 9.17) is 5.73 Å². The minimum atomic E-state index is -0.405. The maximum atomic E-state index is 12.2. The molecule has 1 aliphatic carbocycles. The fraction of sp³-hybridized carbons (Fsp3) is 0.500. The Kier molecular flexibility index (Phi) is 3.79. The third kappa shape index (κ3) is 3.07. The summed E-state index contributed by atoms with van der Waals surface area (Å²) >= 11 is 0. The van der Waals surface area contributed by atoms with Crippen molar-refractivity contribution >= 4 is 5.91 Å². The van der Waals surface area contributed by atoms with Crippen LogP contribution >= 0.6 is 0 Å². The maximum absolute atomic E-state index is 12.2. The number of nitrogens with two attached hydrogens (primary N) is 1. The molecule has 3 nitrogen and oxygen atoms in total. The van der Waals surface area contributed by atoms with Gasteiger partial charge in [-0.25, -0.2) is 0 Å². The Morgan fingerprint density at radius 2 is 2.06 bits per heavy atom. The molecule has 0 unspecified atom stereocenters. The zero-order valence-corrected chi connectivity index (χ0v) is 10.3. The first kappa shape index (κ1) is 12.1. The lowest BCUT2D eigenvalue weighted by molar-refractivity contribution is -0.132. The lowest BCUT2D eigenvalue weighted by Crippen LogP contribution is -2.45. The molecule has 0 heterocycles. The number of carbonyl (C=O) groups excluding carboxylic acids is 1. The van der Waals surface area contributed by atoms with E-state index < -0.39 is 6.04 Å². The predicted molar refractivity (Wildman–Crippen MR) is 68.5 cm³/mol. The van der Waals surface area contributed by atoms with E-state index >= 15 is 0 Å². The Balaban J connectivity index is 1.94. The molecular weight excluding hydrogens is 212 g/mol. The molecule has 1 aromatic rings. The summed E-state index contributed by atoms with van der Waals surface area (Å²) in [5.41, 5.74) is 7.13. The number of carbonyl (C=O) groups is 1. The van der Waals surface area contributed by atoms with Gasteiger partial charge in [0.2, 0.25) is 5.91 Å². The van der Waals surface area contributed by atoms with Gasteiger partial charge in [0.25, 0.3) is 0 Å². The number of likely N-dealkylation sites (N-methyl/N-ethyl adjacent to an activating group) is 1. The summed E-state index contributed by atoms with van der Waals surface area (Å²) in [7, 11) is 0. The van der Waals surface area contributed by atoms with E-state index in [-0.39, 0.29) is 5.91 Å². The molecule has 1 aliphatic rings. The Labute approximate surface area is 103 Å². The van der Waals surface area contributed by atoms with Crippen LogP contribution in [0.3, 0.4) is 0 Å². The van der Waals surface area contributed by atoms with Crippen LogP contribution in [0.4, 0.5) is 0 Å². The normalized spacial score (nSPS) is 16.6. The van der Waals surface area contributed by atoms with Crippen molar-refractivity contribution in [2.75, 3.05) is 6.54 Å². The third-order valence-corrected chi connectivity index (χ3v) is 3.23. The second-order valence-electron chi connectivity index (χ2n) is 4.65. The van der Waals surface area contributed by atoms with Gasteiger partial charge in [-0.2, -0.15) is 0 Å². The minimum Gasteiger partial charge on any atom is -0.339 e. The van der Waals surface area contributed by atoms with Crippen LogP contribution in [0, 0.1) is 0 Å². The summed E-state index contributed by atoms with van der Waals surface area (Å²) in [5.74, 6) is 0.0962. The highest BCUT2D eigenvalue weighted by Gasteiger charge is 2.33. The van der Waals surface area contributed by atoms with E-state index in [1.54, 1.807) is 0 Å². The van der Waals surface area contributed by atoms with Crippen molar-refractivity contribution in [3.8, 4) is 0 Å². The summed E-state index contributed by atoms with van der Waals surface area (Å²) in [5, 5.41) is 0. The van der Waals surface area contributed by atoms with Crippen molar-refractivity contribution in [1.29, 1.82) is 0 Å². The zero-order valence-electron chi connectivity index (χ0n) is 10.3. The van der Waals surface area contributed by atoms with E-state index in [1.807, 2.05) is 42.2 Å². The summed E-state index contributed by atoms with van der Waals surface area (Å²) in [6.07, 6.45) is 2.90. The van der Waals surface area contributed by atoms with Crippen molar-refractivity contribution in [2.45, 2.75) is 38.3 Å². The summed E-state index contributed by atoms with van der Waals surface area (Å²) < 4.78 is 0. The molecule has 3 heteroatoms. The second kappa shape index (κ2) is 5.32. The van der Waals surface area contributed by atoms with Crippen LogP contribution in [0.15, 0.2) is 30.3 Å². The van der Waals surface area contributed by atoms with Gasteiger partial charge in [0.1, 0.15) is 0 Å². The molecule has 1 aromatic carbocycles. The van der Waals surface area contributed by atoms with Gasteiger partial charge in [-0.1, -0.05) is 30.3 Å².